The van der Waals surface area contributed by atoms with Crippen LogP contribution in [0.5, 0.6) is 0 Å². The van der Waals surface area contributed by atoms with Crippen molar-refractivity contribution in [2.45, 2.75) is 0 Å². The summed E-state index contributed by atoms with van der Waals surface area (Å²) in [5, 5.41) is 6.22. The molecule has 0 saturated heterocycles. The summed E-state index contributed by atoms with van der Waals surface area (Å²) < 4.78 is 1.00. The molecule has 0 radical (unpaired) electrons. The first kappa shape index (κ1) is 5.97. The van der Waals surface area contributed by atoms with E-state index in [0.29, 0.717) is 0 Å². The molecule has 2 N–H and O–H groups in total. The smallest absolute Gasteiger partial charge is 0.150 e. The predicted molar refractivity (Wildman–Crippen MR) is 44.0 cm³/mol. The molecule has 1 aliphatic heterocycles. The molecule has 0 bridgehead atoms. The lowest BCUT2D eigenvalue weighted by Crippen LogP contribution is -1.99. The summed E-state index contributed by atoms with van der Waals surface area (Å²) in [6, 6.07) is 2.00. The SMILES string of the molecule is Brc1cnc2c(c1)NCN2. The largest absolute Gasteiger partial charge is 0.365 e. The standard InChI is InChI=1S/C6H6BrN3/c7-4-1-5-6(8-2-4)10-3-9-5/h1-2,9H,3H2,(H,8,10). The summed E-state index contributed by atoms with van der Waals surface area (Å²) in [7, 11) is 0. The van der Waals surface area contributed by atoms with E-state index in [1.807, 2.05) is 6.07 Å². The molecule has 0 spiro atoms. The van der Waals surface area contributed by atoms with Crippen LogP contribution in [0.1, 0.15) is 0 Å². The van der Waals surface area contributed by atoms with E-state index in [1.165, 1.54) is 0 Å². The van der Waals surface area contributed by atoms with Crippen molar-refractivity contribution in [2.75, 3.05) is 17.3 Å². The number of nitrogens with zero attached hydrogens (tertiary/aromatic N) is 1. The summed E-state index contributed by atoms with van der Waals surface area (Å²) in [5.74, 6) is 0.934. The van der Waals surface area contributed by atoms with Crippen molar-refractivity contribution in [2.24, 2.45) is 0 Å². The highest BCUT2D eigenvalue weighted by molar-refractivity contribution is 9.10. The highest BCUT2D eigenvalue weighted by Crippen LogP contribution is 2.25. The number of anilines is 2. The van der Waals surface area contributed by atoms with E-state index in [0.717, 1.165) is 22.6 Å². The summed E-state index contributed by atoms with van der Waals surface area (Å²) in [5.41, 5.74) is 1.06. The van der Waals surface area contributed by atoms with Crippen molar-refractivity contribution < 1.29 is 0 Å². The van der Waals surface area contributed by atoms with Crippen LogP contribution in [-0.2, 0) is 0 Å². The lowest BCUT2D eigenvalue weighted by molar-refractivity contribution is 1.26. The van der Waals surface area contributed by atoms with Gasteiger partial charge in [-0.15, -0.1) is 0 Å². The van der Waals surface area contributed by atoms with Gasteiger partial charge in [0.15, 0.2) is 5.82 Å². The third-order valence-electron chi connectivity index (χ3n) is 1.39. The van der Waals surface area contributed by atoms with Crippen molar-refractivity contribution in [1.29, 1.82) is 0 Å². The maximum absolute atomic E-state index is 4.14. The summed E-state index contributed by atoms with van der Waals surface area (Å²) in [6.45, 7) is 0.777. The number of pyridine rings is 1. The highest BCUT2D eigenvalue weighted by Gasteiger charge is 2.08. The Morgan fingerprint density at radius 2 is 2.40 bits per heavy atom. The second-order valence-corrected chi connectivity index (χ2v) is 3.00. The molecule has 0 aromatic carbocycles. The first-order chi connectivity index (χ1) is 4.86. The van der Waals surface area contributed by atoms with Gasteiger partial charge in [0.2, 0.25) is 0 Å². The monoisotopic (exact) mass is 199 g/mol. The number of rotatable bonds is 0. The molecule has 0 aliphatic carbocycles. The van der Waals surface area contributed by atoms with E-state index in [9.17, 15) is 0 Å². The minimum atomic E-state index is 0.777. The van der Waals surface area contributed by atoms with Gasteiger partial charge in [-0.3, -0.25) is 0 Å². The van der Waals surface area contributed by atoms with Crippen LogP contribution in [0.15, 0.2) is 16.7 Å². The molecule has 4 heteroatoms. The maximum Gasteiger partial charge on any atom is 0.150 e. The number of halogens is 1. The lowest BCUT2D eigenvalue weighted by atomic mass is 10.4. The van der Waals surface area contributed by atoms with Gasteiger partial charge in [0, 0.05) is 10.7 Å². The molecular formula is C6H6BrN3. The minimum Gasteiger partial charge on any atom is -0.365 e. The fourth-order valence-corrected chi connectivity index (χ4v) is 1.27. The predicted octanol–water partition coefficient (Wildman–Crippen LogP) is 1.64. The number of hydrogen-bond donors (Lipinski definition) is 2. The van der Waals surface area contributed by atoms with E-state index in [4.69, 9.17) is 0 Å². The fourth-order valence-electron chi connectivity index (χ4n) is 0.938. The molecule has 2 rings (SSSR count). The highest BCUT2D eigenvalue weighted by atomic mass is 79.9. The van der Waals surface area contributed by atoms with Crippen molar-refractivity contribution in [3.8, 4) is 0 Å². The Morgan fingerprint density at radius 1 is 1.50 bits per heavy atom. The molecular weight excluding hydrogens is 194 g/mol. The summed E-state index contributed by atoms with van der Waals surface area (Å²) >= 11 is 3.33. The first-order valence-electron chi connectivity index (χ1n) is 2.99. The van der Waals surface area contributed by atoms with Gasteiger partial charge in [0.1, 0.15) is 0 Å². The Balaban J connectivity index is 2.52. The van der Waals surface area contributed by atoms with Crippen LogP contribution in [0, 0.1) is 0 Å². The molecule has 0 amide bonds. The first-order valence-corrected chi connectivity index (χ1v) is 3.79. The normalized spacial score (nSPS) is 13.7. The van der Waals surface area contributed by atoms with Gasteiger partial charge in [-0.1, -0.05) is 0 Å². The Bertz CT molecular complexity index is 261. The van der Waals surface area contributed by atoms with E-state index < -0.39 is 0 Å². The maximum atomic E-state index is 4.14. The van der Waals surface area contributed by atoms with Gasteiger partial charge >= 0.3 is 0 Å². The Morgan fingerprint density at radius 3 is 3.30 bits per heavy atom. The van der Waals surface area contributed by atoms with Crippen LogP contribution < -0.4 is 10.6 Å². The molecule has 0 saturated carbocycles. The number of aromatic nitrogens is 1. The zero-order chi connectivity index (χ0) is 6.97. The fraction of sp³-hybridized carbons (Fsp3) is 0.167. The number of hydrogen-bond acceptors (Lipinski definition) is 3. The van der Waals surface area contributed by atoms with Gasteiger partial charge < -0.3 is 10.6 Å². The van der Waals surface area contributed by atoms with Gasteiger partial charge in [-0.25, -0.2) is 4.98 Å². The molecule has 0 unspecified atom stereocenters. The molecule has 1 aromatic heterocycles. The zero-order valence-electron chi connectivity index (χ0n) is 5.19. The van der Waals surface area contributed by atoms with Gasteiger partial charge in [0.25, 0.3) is 0 Å². The third kappa shape index (κ3) is 0.844. The van der Waals surface area contributed by atoms with Crippen LogP contribution in [0.2, 0.25) is 0 Å². The van der Waals surface area contributed by atoms with Crippen molar-refractivity contribution in [1.82, 2.24) is 4.98 Å². The van der Waals surface area contributed by atoms with Gasteiger partial charge in [0.05, 0.1) is 12.4 Å². The topological polar surface area (TPSA) is 37.0 Å². The Hall–Kier alpha value is -0.770. The Kier molecular flexibility index (Phi) is 1.27. The second kappa shape index (κ2) is 2.12. The molecule has 2 heterocycles. The quantitative estimate of drug-likeness (QED) is 0.668. The second-order valence-electron chi connectivity index (χ2n) is 2.08. The van der Waals surface area contributed by atoms with Crippen molar-refractivity contribution >= 4 is 27.4 Å². The van der Waals surface area contributed by atoms with Crippen molar-refractivity contribution in [3.63, 3.8) is 0 Å². The molecule has 1 aromatic rings. The molecule has 1 aliphatic rings. The number of fused-ring (bicyclic) bond motifs is 1. The third-order valence-corrected chi connectivity index (χ3v) is 1.82. The van der Waals surface area contributed by atoms with E-state index in [1.54, 1.807) is 6.20 Å². The molecule has 0 atom stereocenters. The summed E-state index contributed by atoms with van der Waals surface area (Å²) in [4.78, 5) is 4.14. The zero-order valence-corrected chi connectivity index (χ0v) is 6.77. The van der Waals surface area contributed by atoms with E-state index >= 15 is 0 Å². The average Bonchev–Trinajstić information content (AvgIpc) is 2.33. The molecule has 3 nitrogen and oxygen atoms in total. The van der Waals surface area contributed by atoms with Crippen molar-refractivity contribution in [3.05, 3.63) is 16.7 Å². The van der Waals surface area contributed by atoms with E-state index in [-0.39, 0.29) is 0 Å². The van der Waals surface area contributed by atoms with Gasteiger partial charge in [-0.05, 0) is 22.0 Å². The molecule has 10 heavy (non-hydrogen) atoms. The van der Waals surface area contributed by atoms with Gasteiger partial charge in [-0.2, -0.15) is 0 Å². The molecule has 52 valence electrons. The molecule has 0 fully saturated rings. The summed E-state index contributed by atoms with van der Waals surface area (Å²) in [6.07, 6.45) is 1.78. The lowest BCUT2D eigenvalue weighted by Gasteiger charge is -1.95. The number of nitrogens with one attached hydrogen (secondary N) is 2. The minimum absolute atomic E-state index is 0.777. The van der Waals surface area contributed by atoms with Crippen LogP contribution in [0.3, 0.4) is 0 Å². The van der Waals surface area contributed by atoms with Crippen LogP contribution in [-0.4, -0.2) is 11.7 Å². The Labute approximate surface area is 67.0 Å². The average molecular weight is 200 g/mol. The van der Waals surface area contributed by atoms with Crippen LogP contribution in [0.4, 0.5) is 11.5 Å². The van der Waals surface area contributed by atoms with E-state index in [2.05, 4.69) is 31.5 Å². The van der Waals surface area contributed by atoms with Crippen LogP contribution in [0.25, 0.3) is 0 Å². The van der Waals surface area contributed by atoms with Crippen LogP contribution >= 0.6 is 15.9 Å².